The first-order chi connectivity index (χ1) is 8.86. The molecule has 0 aromatic heterocycles. The maximum Gasteiger partial charge on any atom is 0.343 e. The molecule has 0 aliphatic heterocycles. The van der Waals surface area contributed by atoms with Crippen LogP contribution < -0.4 is 4.74 Å². The van der Waals surface area contributed by atoms with Gasteiger partial charge in [0.2, 0.25) is 5.75 Å². The Kier molecular flexibility index (Phi) is 4.29. The summed E-state index contributed by atoms with van der Waals surface area (Å²) in [7, 11) is 1.05. The third-order valence-corrected chi connectivity index (χ3v) is 1.98. The molecular formula is C9H7FN2O7. The summed E-state index contributed by atoms with van der Waals surface area (Å²) in [5, 5.41) is 21.1. The third-order valence-electron chi connectivity index (χ3n) is 1.98. The van der Waals surface area contributed by atoms with Crippen molar-refractivity contribution in [1.29, 1.82) is 0 Å². The van der Waals surface area contributed by atoms with E-state index in [1.807, 2.05) is 0 Å². The first kappa shape index (κ1) is 14.3. The number of ether oxygens (including phenoxy) is 2. The number of nitro groups is 2. The van der Waals surface area contributed by atoms with Gasteiger partial charge in [-0.3, -0.25) is 20.2 Å². The quantitative estimate of drug-likeness (QED) is 0.449. The van der Waals surface area contributed by atoms with Crippen LogP contribution in [-0.2, 0) is 9.53 Å². The lowest BCUT2D eigenvalue weighted by atomic mass is 10.2. The van der Waals surface area contributed by atoms with Crippen molar-refractivity contribution in [2.75, 3.05) is 13.7 Å². The van der Waals surface area contributed by atoms with Crippen molar-refractivity contribution in [2.24, 2.45) is 0 Å². The maximum absolute atomic E-state index is 13.5. The van der Waals surface area contributed by atoms with Gasteiger partial charge in [-0.1, -0.05) is 0 Å². The Labute approximate surface area is 104 Å². The molecular weight excluding hydrogens is 267 g/mol. The number of non-ortho nitro benzene ring substituents is 1. The van der Waals surface area contributed by atoms with Crippen molar-refractivity contribution in [2.45, 2.75) is 0 Å². The fourth-order valence-electron chi connectivity index (χ4n) is 1.14. The average molecular weight is 274 g/mol. The molecule has 0 saturated heterocycles. The van der Waals surface area contributed by atoms with Crippen molar-refractivity contribution in [3.05, 3.63) is 38.2 Å². The van der Waals surface area contributed by atoms with Gasteiger partial charge in [0.15, 0.2) is 12.4 Å². The van der Waals surface area contributed by atoms with Crippen LogP contribution in [-0.4, -0.2) is 29.5 Å². The summed E-state index contributed by atoms with van der Waals surface area (Å²) in [6.07, 6.45) is 0. The zero-order valence-corrected chi connectivity index (χ0v) is 9.49. The highest BCUT2D eigenvalue weighted by Crippen LogP contribution is 2.34. The van der Waals surface area contributed by atoms with Gasteiger partial charge in [-0.2, -0.15) is 0 Å². The van der Waals surface area contributed by atoms with E-state index in [4.69, 9.17) is 0 Å². The number of methoxy groups -OCH3 is 1. The largest absolute Gasteiger partial charge is 0.473 e. The minimum Gasteiger partial charge on any atom is -0.473 e. The van der Waals surface area contributed by atoms with Crippen molar-refractivity contribution >= 4 is 17.3 Å². The Morgan fingerprint density at radius 3 is 2.42 bits per heavy atom. The second-order valence-corrected chi connectivity index (χ2v) is 3.15. The van der Waals surface area contributed by atoms with Crippen LogP contribution in [0.25, 0.3) is 0 Å². The molecule has 9 nitrogen and oxygen atoms in total. The molecule has 0 heterocycles. The zero-order chi connectivity index (χ0) is 14.6. The first-order valence-corrected chi connectivity index (χ1v) is 4.68. The lowest BCUT2D eigenvalue weighted by Crippen LogP contribution is -2.14. The Bertz CT molecular complexity index is 546. The lowest BCUT2D eigenvalue weighted by Gasteiger charge is -2.06. The van der Waals surface area contributed by atoms with E-state index in [0.717, 1.165) is 7.11 Å². The van der Waals surface area contributed by atoms with Crippen LogP contribution in [0.5, 0.6) is 5.75 Å². The topological polar surface area (TPSA) is 122 Å². The summed E-state index contributed by atoms with van der Waals surface area (Å²) in [6.45, 7) is -0.758. The molecule has 19 heavy (non-hydrogen) atoms. The maximum atomic E-state index is 13.5. The molecule has 1 aromatic carbocycles. The molecule has 0 bridgehead atoms. The summed E-state index contributed by atoms with van der Waals surface area (Å²) < 4.78 is 22.3. The fourth-order valence-corrected chi connectivity index (χ4v) is 1.14. The molecule has 0 aliphatic carbocycles. The van der Waals surface area contributed by atoms with Gasteiger partial charge in [-0.15, -0.1) is 0 Å². The molecule has 10 heteroatoms. The molecule has 0 radical (unpaired) electrons. The Morgan fingerprint density at radius 2 is 1.95 bits per heavy atom. The SMILES string of the molecule is COC(=O)COc1c(F)cc([N+](=O)[O-])cc1[N+](=O)[O-]. The molecule has 0 fully saturated rings. The van der Waals surface area contributed by atoms with Crippen LogP contribution in [0.15, 0.2) is 12.1 Å². The number of halogens is 1. The molecule has 0 unspecified atom stereocenters. The molecule has 0 amide bonds. The van der Waals surface area contributed by atoms with Crippen molar-refractivity contribution in [3.8, 4) is 5.75 Å². The standard InChI is InChI=1S/C9H7FN2O7/c1-18-8(13)4-19-9-6(10)2-5(11(14)15)3-7(9)12(16)17/h2-3H,4H2,1H3. The second-order valence-electron chi connectivity index (χ2n) is 3.15. The summed E-state index contributed by atoms with van der Waals surface area (Å²) in [5.41, 5.74) is -1.75. The fraction of sp³-hybridized carbons (Fsp3) is 0.222. The molecule has 102 valence electrons. The number of carbonyl (C=O) groups excluding carboxylic acids is 1. The number of benzene rings is 1. The van der Waals surface area contributed by atoms with E-state index >= 15 is 0 Å². The minimum atomic E-state index is -1.31. The normalized spacial score (nSPS) is 9.79. The van der Waals surface area contributed by atoms with Gasteiger partial charge in [0, 0.05) is 0 Å². The van der Waals surface area contributed by atoms with Crippen LogP contribution >= 0.6 is 0 Å². The molecule has 0 aliphatic rings. The number of nitro benzene ring substituents is 2. The van der Waals surface area contributed by atoms with Crippen LogP contribution in [0.3, 0.4) is 0 Å². The average Bonchev–Trinajstić information content (AvgIpc) is 2.35. The smallest absolute Gasteiger partial charge is 0.343 e. The molecule has 0 N–H and O–H groups in total. The molecule has 1 aromatic rings. The van der Waals surface area contributed by atoms with Gasteiger partial charge in [0.25, 0.3) is 5.69 Å². The molecule has 1 rings (SSSR count). The zero-order valence-electron chi connectivity index (χ0n) is 9.49. The van der Waals surface area contributed by atoms with E-state index in [9.17, 15) is 29.4 Å². The van der Waals surface area contributed by atoms with E-state index in [1.165, 1.54) is 0 Å². The Hall–Kier alpha value is -2.78. The second kappa shape index (κ2) is 5.71. The van der Waals surface area contributed by atoms with E-state index in [2.05, 4.69) is 9.47 Å². The van der Waals surface area contributed by atoms with Gasteiger partial charge < -0.3 is 9.47 Å². The van der Waals surface area contributed by atoms with Gasteiger partial charge >= 0.3 is 11.7 Å². The van der Waals surface area contributed by atoms with Gasteiger partial charge in [0.05, 0.1) is 29.1 Å². The minimum absolute atomic E-state index is 0.458. The van der Waals surface area contributed by atoms with Gasteiger partial charge in [-0.25, -0.2) is 9.18 Å². The summed E-state index contributed by atoms with van der Waals surface area (Å²) >= 11 is 0. The van der Waals surface area contributed by atoms with Gasteiger partial charge in [0.1, 0.15) is 0 Å². The highest BCUT2D eigenvalue weighted by atomic mass is 19.1. The summed E-state index contributed by atoms with van der Waals surface area (Å²) in [4.78, 5) is 29.9. The van der Waals surface area contributed by atoms with Crippen molar-refractivity contribution < 1.29 is 28.5 Å². The van der Waals surface area contributed by atoms with Gasteiger partial charge in [-0.05, 0) is 0 Å². The van der Waals surface area contributed by atoms with E-state index < -0.39 is 45.4 Å². The van der Waals surface area contributed by atoms with Crippen molar-refractivity contribution in [1.82, 2.24) is 0 Å². The molecule has 0 atom stereocenters. The summed E-state index contributed by atoms with van der Waals surface area (Å²) in [6, 6.07) is 0.995. The highest BCUT2D eigenvalue weighted by Gasteiger charge is 2.26. The van der Waals surface area contributed by atoms with E-state index in [0.29, 0.717) is 12.1 Å². The van der Waals surface area contributed by atoms with E-state index in [-0.39, 0.29) is 0 Å². The number of hydrogen-bond donors (Lipinski definition) is 0. The van der Waals surface area contributed by atoms with E-state index in [1.54, 1.807) is 0 Å². The molecule has 0 spiro atoms. The number of hydrogen-bond acceptors (Lipinski definition) is 7. The first-order valence-electron chi connectivity index (χ1n) is 4.68. The molecule has 0 saturated carbocycles. The van der Waals surface area contributed by atoms with Crippen molar-refractivity contribution in [3.63, 3.8) is 0 Å². The number of nitrogens with zero attached hydrogens (tertiary/aromatic N) is 2. The van der Waals surface area contributed by atoms with Crippen LogP contribution in [0, 0.1) is 26.0 Å². The number of carbonyl (C=O) groups is 1. The van der Waals surface area contributed by atoms with Crippen LogP contribution in [0.2, 0.25) is 0 Å². The summed E-state index contributed by atoms with van der Waals surface area (Å²) in [5.74, 6) is -3.06. The van der Waals surface area contributed by atoms with Crippen LogP contribution in [0.1, 0.15) is 0 Å². The Morgan fingerprint density at radius 1 is 1.32 bits per heavy atom. The Balaban J connectivity index is 3.18. The predicted molar refractivity (Wildman–Crippen MR) is 57.2 cm³/mol. The monoisotopic (exact) mass is 274 g/mol. The third kappa shape index (κ3) is 3.34. The van der Waals surface area contributed by atoms with Crippen LogP contribution in [0.4, 0.5) is 15.8 Å². The lowest BCUT2D eigenvalue weighted by molar-refractivity contribution is -0.395. The highest BCUT2D eigenvalue weighted by molar-refractivity contribution is 5.71. The predicted octanol–water partition coefficient (Wildman–Crippen LogP) is 1.19. The number of rotatable bonds is 5. The number of esters is 1.